The lowest BCUT2D eigenvalue weighted by atomic mass is 9.98. The molecule has 3 heterocycles. The van der Waals surface area contributed by atoms with E-state index in [1.807, 2.05) is 31.2 Å². The van der Waals surface area contributed by atoms with Crippen LogP contribution in [-0.4, -0.2) is 17.4 Å². The molecule has 0 bridgehead atoms. The maximum Gasteiger partial charge on any atom is 0.291 e. The second kappa shape index (κ2) is 8.00. The number of furan rings is 1. The second-order valence-electron chi connectivity index (χ2n) is 7.65. The molecule has 1 aliphatic heterocycles. The van der Waals surface area contributed by atoms with Gasteiger partial charge in [0.05, 0.1) is 36.4 Å². The van der Waals surface area contributed by atoms with Crippen molar-refractivity contribution in [2.45, 2.75) is 25.9 Å². The molecule has 0 saturated carbocycles. The molecular weight excluding hydrogens is 413 g/mol. The van der Waals surface area contributed by atoms with Crippen molar-refractivity contribution in [1.82, 2.24) is 4.90 Å². The van der Waals surface area contributed by atoms with E-state index in [0.29, 0.717) is 23.7 Å². The molecule has 0 radical (unpaired) electrons. The molecule has 0 fully saturated rings. The van der Waals surface area contributed by atoms with Crippen molar-refractivity contribution in [3.8, 4) is 5.75 Å². The summed E-state index contributed by atoms with van der Waals surface area (Å²) < 4.78 is 30.9. The topological polar surface area (TPSA) is 72.9 Å². The summed E-state index contributed by atoms with van der Waals surface area (Å²) in [6, 6.07) is 13.8. The van der Waals surface area contributed by atoms with Crippen LogP contribution in [0.2, 0.25) is 0 Å². The van der Waals surface area contributed by atoms with Gasteiger partial charge in [0.25, 0.3) is 5.91 Å². The number of rotatable bonds is 6. The molecule has 2 aromatic carbocycles. The number of hydrogen-bond donors (Lipinski definition) is 0. The zero-order valence-electron chi connectivity index (χ0n) is 17.3. The molecule has 1 unspecified atom stereocenters. The third-order valence-corrected chi connectivity index (χ3v) is 5.48. The molecule has 0 N–H and O–H groups in total. The molecule has 5 rings (SSSR count). The summed E-state index contributed by atoms with van der Waals surface area (Å²) in [4.78, 5) is 28.3. The molecule has 32 heavy (non-hydrogen) atoms. The van der Waals surface area contributed by atoms with Crippen LogP contribution in [0, 0.1) is 5.82 Å². The van der Waals surface area contributed by atoms with Crippen molar-refractivity contribution in [3.63, 3.8) is 0 Å². The lowest BCUT2D eigenvalue weighted by Gasteiger charge is -2.24. The standard InChI is InChI=1S/C25H20FNO5/c1-2-10-30-17-6-3-5-15(12-17)22-21-23(28)19-13-16(26)8-9-20(19)32-24(21)25(29)27(22)14-18-7-4-11-31-18/h3-9,11-13,22H,2,10,14H2,1H3. The Balaban J connectivity index is 1.70. The molecule has 1 aliphatic rings. The van der Waals surface area contributed by atoms with Crippen molar-refractivity contribution >= 4 is 16.9 Å². The Morgan fingerprint density at radius 3 is 2.75 bits per heavy atom. The molecule has 7 heteroatoms. The Kier molecular flexibility index (Phi) is 5.01. The summed E-state index contributed by atoms with van der Waals surface area (Å²) in [6.45, 7) is 2.70. The third kappa shape index (κ3) is 3.36. The molecule has 162 valence electrons. The summed E-state index contributed by atoms with van der Waals surface area (Å²) in [5.74, 6) is 0.195. The second-order valence-corrected chi connectivity index (χ2v) is 7.65. The van der Waals surface area contributed by atoms with E-state index >= 15 is 0 Å². The van der Waals surface area contributed by atoms with E-state index in [9.17, 15) is 14.0 Å². The highest BCUT2D eigenvalue weighted by atomic mass is 19.1. The molecule has 6 nitrogen and oxygen atoms in total. The molecule has 0 aliphatic carbocycles. The van der Waals surface area contributed by atoms with Gasteiger partial charge in [-0.2, -0.15) is 0 Å². The van der Waals surface area contributed by atoms with Crippen molar-refractivity contribution in [2.75, 3.05) is 6.61 Å². The van der Waals surface area contributed by atoms with Crippen LogP contribution < -0.4 is 10.2 Å². The van der Waals surface area contributed by atoms with Crippen molar-refractivity contribution < 1.29 is 22.8 Å². The Morgan fingerprint density at radius 1 is 1.09 bits per heavy atom. The highest BCUT2D eigenvalue weighted by molar-refractivity contribution is 5.99. The summed E-state index contributed by atoms with van der Waals surface area (Å²) in [5.41, 5.74) is 0.621. The summed E-state index contributed by atoms with van der Waals surface area (Å²) in [7, 11) is 0. The molecule has 4 aromatic rings. The van der Waals surface area contributed by atoms with Gasteiger partial charge < -0.3 is 18.5 Å². The average molecular weight is 433 g/mol. The van der Waals surface area contributed by atoms with Crippen LogP contribution in [0.15, 0.2) is 74.5 Å². The number of halogens is 1. The third-order valence-electron chi connectivity index (χ3n) is 5.48. The SMILES string of the molecule is CCCOc1cccc(C2c3c(oc4ccc(F)cc4c3=O)C(=O)N2Cc2ccco2)c1. The fourth-order valence-electron chi connectivity index (χ4n) is 4.07. The van der Waals surface area contributed by atoms with E-state index in [-0.39, 0.29) is 28.8 Å². The van der Waals surface area contributed by atoms with Crippen molar-refractivity contribution in [1.29, 1.82) is 0 Å². The molecule has 1 atom stereocenters. The predicted molar refractivity (Wildman–Crippen MR) is 115 cm³/mol. The van der Waals surface area contributed by atoms with Crippen LogP contribution in [0.1, 0.15) is 46.8 Å². The number of hydrogen-bond acceptors (Lipinski definition) is 5. The van der Waals surface area contributed by atoms with Gasteiger partial charge >= 0.3 is 0 Å². The van der Waals surface area contributed by atoms with Crippen molar-refractivity contribution in [3.05, 3.63) is 99.5 Å². The largest absolute Gasteiger partial charge is 0.494 e. The lowest BCUT2D eigenvalue weighted by Crippen LogP contribution is -2.29. The molecule has 2 aromatic heterocycles. The van der Waals surface area contributed by atoms with Gasteiger partial charge in [0.2, 0.25) is 5.76 Å². The minimum Gasteiger partial charge on any atom is -0.494 e. The van der Waals surface area contributed by atoms with Crippen LogP contribution in [0.4, 0.5) is 4.39 Å². The van der Waals surface area contributed by atoms with Gasteiger partial charge in [-0.15, -0.1) is 0 Å². The number of ether oxygens (including phenoxy) is 1. The van der Waals surface area contributed by atoms with Gasteiger partial charge in [0, 0.05) is 0 Å². The molecule has 1 amide bonds. The van der Waals surface area contributed by atoms with E-state index < -0.39 is 23.2 Å². The van der Waals surface area contributed by atoms with E-state index in [0.717, 1.165) is 12.5 Å². The normalized spacial score (nSPS) is 15.4. The van der Waals surface area contributed by atoms with E-state index in [1.54, 1.807) is 12.1 Å². The maximum absolute atomic E-state index is 13.9. The Bertz CT molecular complexity index is 1360. The number of fused-ring (bicyclic) bond motifs is 2. The zero-order chi connectivity index (χ0) is 22.2. The summed E-state index contributed by atoms with van der Waals surface area (Å²) in [5, 5.41) is 0.0970. The molecule has 0 spiro atoms. The number of nitrogens with zero attached hydrogens (tertiary/aromatic N) is 1. The van der Waals surface area contributed by atoms with Gasteiger partial charge in [-0.3, -0.25) is 9.59 Å². The van der Waals surface area contributed by atoms with Gasteiger partial charge in [0.1, 0.15) is 22.9 Å². The van der Waals surface area contributed by atoms with Gasteiger partial charge in [0.15, 0.2) is 5.43 Å². The number of amides is 1. The Morgan fingerprint density at radius 2 is 1.97 bits per heavy atom. The minimum atomic E-state index is -0.725. The van der Waals surface area contributed by atoms with Gasteiger partial charge in [-0.05, 0) is 54.4 Å². The van der Waals surface area contributed by atoms with Crippen molar-refractivity contribution in [2.24, 2.45) is 0 Å². The van der Waals surface area contributed by atoms with Crippen LogP contribution in [-0.2, 0) is 6.54 Å². The molecular formula is C25H20FNO5. The fraction of sp³-hybridized carbons (Fsp3) is 0.200. The lowest BCUT2D eigenvalue weighted by molar-refractivity contribution is 0.0701. The minimum absolute atomic E-state index is 0.0365. The molecule has 0 saturated heterocycles. The van der Waals surface area contributed by atoms with Crippen LogP contribution in [0.3, 0.4) is 0 Å². The van der Waals surface area contributed by atoms with E-state index in [4.69, 9.17) is 13.6 Å². The van der Waals surface area contributed by atoms with Crippen LogP contribution in [0.5, 0.6) is 5.75 Å². The quantitative estimate of drug-likeness (QED) is 0.425. The number of carbonyl (C=O) groups is 1. The highest BCUT2D eigenvalue weighted by Gasteiger charge is 2.43. The van der Waals surface area contributed by atoms with Gasteiger partial charge in [-0.25, -0.2) is 4.39 Å². The Hall–Kier alpha value is -3.87. The Labute approximate surface area is 182 Å². The van der Waals surface area contributed by atoms with Crippen LogP contribution in [0.25, 0.3) is 11.0 Å². The first-order valence-electron chi connectivity index (χ1n) is 10.4. The number of benzene rings is 2. The first-order chi connectivity index (χ1) is 15.6. The first-order valence-corrected chi connectivity index (χ1v) is 10.4. The fourth-order valence-corrected chi connectivity index (χ4v) is 4.07. The summed E-state index contributed by atoms with van der Waals surface area (Å²) >= 11 is 0. The smallest absolute Gasteiger partial charge is 0.291 e. The predicted octanol–water partition coefficient (Wildman–Crippen LogP) is 5.06. The zero-order valence-corrected chi connectivity index (χ0v) is 17.3. The van der Waals surface area contributed by atoms with E-state index in [1.165, 1.54) is 23.3 Å². The summed E-state index contributed by atoms with van der Waals surface area (Å²) in [6.07, 6.45) is 2.37. The van der Waals surface area contributed by atoms with E-state index in [2.05, 4.69) is 0 Å². The van der Waals surface area contributed by atoms with Gasteiger partial charge in [-0.1, -0.05) is 19.1 Å². The number of carbonyl (C=O) groups excluding carboxylic acids is 1. The first kappa shape index (κ1) is 20.1. The highest BCUT2D eigenvalue weighted by Crippen LogP contribution is 2.40. The van der Waals surface area contributed by atoms with Crippen LogP contribution >= 0.6 is 0 Å². The maximum atomic E-state index is 13.9. The average Bonchev–Trinajstić information content (AvgIpc) is 3.41. The monoisotopic (exact) mass is 433 g/mol.